The van der Waals surface area contributed by atoms with Crippen LogP contribution in [0, 0.1) is 5.82 Å². The van der Waals surface area contributed by atoms with Crippen molar-refractivity contribution in [1.29, 1.82) is 0 Å². The maximum atomic E-state index is 13.2. The van der Waals surface area contributed by atoms with Gasteiger partial charge in [-0.15, -0.1) is 0 Å². The van der Waals surface area contributed by atoms with Crippen LogP contribution in [0.25, 0.3) is 0 Å². The third-order valence-corrected chi connectivity index (χ3v) is 3.74. The van der Waals surface area contributed by atoms with Gasteiger partial charge in [0.2, 0.25) is 0 Å². The van der Waals surface area contributed by atoms with E-state index < -0.39 is 11.5 Å². The summed E-state index contributed by atoms with van der Waals surface area (Å²) in [5.41, 5.74) is -0.527. The molecule has 0 unspecified atom stereocenters. The van der Waals surface area contributed by atoms with Crippen molar-refractivity contribution in [2.75, 3.05) is 12.4 Å². The topological polar surface area (TPSA) is 58.6 Å². The summed E-state index contributed by atoms with van der Waals surface area (Å²) in [6.45, 7) is 0. The van der Waals surface area contributed by atoms with Crippen LogP contribution in [0.3, 0.4) is 0 Å². The Morgan fingerprint density at radius 2 is 2.16 bits per heavy atom. The molecule has 0 aromatic heterocycles. The first-order chi connectivity index (χ1) is 9.05. The van der Waals surface area contributed by atoms with Gasteiger partial charge in [-0.25, -0.2) is 9.18 Å². The van der Waals surface area contributed by atoms with Crippen LogP contribution in [-0.2, 0) is 9.53 Å². The summed E-state index contributed by atoms with van der Waals surface area (Å²) < 4.78 is 18.4. The molecule has 2 N–H and O–H groups in total. The molecule has 0 amide bonds. The molecule has 0 heterocycles. The Morgan fingerprint density at radius 3 is 2.68 bits per heavy atom. The number of aliphatic carboxylic acids is 1. The molecule has 4 nitrogen and oxygen atoms in total. The summed E-state index contributed by atoms with van der Waals surface area (Å²) in [6, 6.07) is 5.89. The fraction of sp³-hybridized carbons (Fsp3) is 0.500. The molecule has 19 heavy (non-hydrogen) atoms. The van der Waals surface area contributed by atoms with Gasteiger partial charge >= 0.3 is 5.97 Å². The number of benzene rings is 1. The Morgan fingerprint density at radius 1 is 1.47 bits per heavy atom. The average molecular weight is 267 g/mol. The second kappa shape index (κ2) is 5.57. The van der Waals surface area contributed by atoms with E-state index in [1.54, 1.807) is 19.2 Å². The number of carboxylic acid groups (broad SMARTS) is 1. The predicted octanol–water partition coefficient (Wildman–Crippen LogP) is 2.65. The number of halogens is 1. The number of nitrogens with one attached hydrogen (secondary N) is 1. The quantitative estimate of drug-likeness (QED) is 0.880. The van der Waals surface area contributed by atoms with E-state index in [2.05, 4.69) is 5.32 Å². The van der Waals surface area contributed by atoms with Crippen LogP contribution < -0.4 is 5.32 Å². The van der Waals surface area contributed by atoms with Crippen LogP contribution >= 0.6 is 0 Å². The first kappa shape index (κ1) is 13.8. The molecular formula is C14H18FNO3. The number of hydrogen-bond donors (Lipinski definition) is 2. The normalized spacial score (nSPS) is 26.9. The summed E-state index contributed by atoms with van der Waals surface area (Å²) in [5.74, 6) is -1.28. The van der Waals surface area contributed by atoms with Crippen molar-refractivity contribution in [3.05, 3.63) is 30.1 Å². The molecule has 1 aromatic carbocycles. The number of methoxy groups -OCH3 is 1. The van der Waals surface area contributed by atoms with E-state index in [1.807, 2.05) is 0 Å². The average Bonchev–Trinajstić information content (AvgIpc) is 2.39. The highest BCUT2D eigenvalue weighted by atomic mass is 19.1. The Hall–Kier alpha value is -1.62. The molecule has 1 saturated carbocycles. The monoisotopic (exact) mass is 267 g/mol. The zero-order valence-electron chi connectivity index (χ0n) is 10.9. The van der Waals surface area contributed by atoms with E-state index in [0.29, 0.717) is 31.4 Å². The zero-order valence-corrected chi connectivity index (χ0v) is 10.9. The summed E-state index contributed by atoms with van der Waals surface area (Å²) in [7, 11) is 1.64. The lowest BCUT2D eigenvalue weighted by molar-refractivity contribution is -0.144. The van der Waals surface area contributed by atoms with Crippen molar-refractivity contribution in [1.82, 2.24) is 0 Å². The molecule has 1 aliphatic rings. The third-order valence-electron chi connectivity index (χ3n) is 3.74. The van der Waals surface area contributed by atoms with Crippen molar-refractivity contribution in [3.8, 4) is 0 Å². The molecule has 5 heteroatoms. The lowest BCUT2D eigenvalue weighted by Gasteiger charge is -2.37. The molecule has 104 valence electrons. The van der Waals surface area contributed by atoms with Crippen LogP contribution in [0.4, 0.5) is 10.1 Å². The third kappa shape index (κ3) is 3.04. The maximum Gasteiger partial charge on any atom is 0.329 e. The van der Waals surface area contributed by atoms with Gasteiger partial charge in [0, 0.05) is 12.8 Å². The van der Waals surface area contributed by atoms with Crippen molar-refractivity contribution < 1.29 is 19.0 Å². The Bertz CT molecular complexity index is 456. The summed E-state index contributed by atoms with van der Waals surface area (Å²) in [4.78, 5) is 11.6. The van der Waals surface area contributed by atoms with Crippen molar-refractivity contribution >= 4 is 11.7 Å². The molecular weight excluding hydrogens is 249 g/mol. The van der Waals surface area contributed by atoms with Gasteiger partial charge in [-0.1, -0.05) is 6.07 Å². The highest BCUT2D eigenvalue weighted by molar-refractivity contribution is 5.83. The molecule has 0 saturated heterocycles. The molecule has 0 bridgehead atoms. The number of rotatable bonds is 4. The van der Waals surface area contributed by atoms with E-state index >= 15 is 0 Å². The van der Waals surface area contributed by atoms with Crippen molar-refractivity contribution in [2.24, 2.45) is 0 Å². The standard InChI is InChI=1S/C14H18FNO3/c1-19-12-5-7-14(8-6-12,13(17)18)16-11-4-2-3-10(15)9-11/h2-4,9,12,16H,5-8H2,1H3,(H,17,18). The van der Waals surface area contributed by atoms with Gasteiger partial charge in [0.1, 0.15) is 11.4 Å². The van der Waals surface area contributed by atoms with E-state index in [0.717, 1.165) is 0 Å². The van der Waals surface area contributed by atoms with Gasteiger partial charge in [-0.05, 0) is 43.9 Å². The zero-order chi connectivity index (χ0) is 13.9. The minimum absolute atomic E-state index is 0.113. The highest BCUT2D eigenvalue weighted by Crippen LogP contribution is 2.33. The molecule has 1 aliphatic carbocycles. The fourth-order valence-electron chi connectivity index (χ4n) is 2.55. The Kier molecular flexibility index (Phi) is 4.04. The van der Waals surface area contributed by atoms with Gasteiger partial charge in [0.05, 0.1) is 6.10 Å². The van der Waals surface area contributed by atoms with Crippen LogP contribution in [0.15, 0.2) is 24.3 Å². The minimum atomic E-state index is -1.02. The number of ether oxygens (including phenoxy) is 1. The SMILES string of the molecule is COC1CCC(Nc2cccc(F)c2)(C(=O)O)CC1. The van der Waals surface area contributed by atoms with Crippen molar-refractivity contribution in [2.45, 2.75) is 37.3 Å². The largest absolute Gasteiger partial charge is 0.480 e. The molecule has 0 aliphatic heterocycles. The van der Waals surface area contributed by atoms with Gasteiger partial charge < -0.3 is 15.2 Å². The Balaban J connectivity index is 2.15. The lowest BCUT2D eigenvalue weighted by Crippen LogP contribution is -2.50. The van der Waals surface area contributed by atoms with Crippen LogP contribution in [0.1, 0.15) is 25.7 Å². The smallest absolute Gasteiger partial charge is 0.329 e. The lowest BCUT2D eigenvalue weighted by atomic mass is 9.80. The van der Waals surface area contributed by atoms with Gasteiger partial charge in [-0.3, -0.25) is 0 Å². The molecule has 1 aromatic rings. The second-order valence-corrected chi connectivity index (χ2v) is 4.96. The van der Waals surface area contributed by atoms with Crippen LogP contribution in [0.2, 0.25) is 0 Å². The van der Waals surface area contributed by atoms with Gasteiger partial charge in [0.25, 0.3) is 0 Å². The van der Waals surface area contributed by atoms with Crippen LogP contribution in [-0.4, -0.2) is 29.8 Å². The van der Waals surface area contributed by atoms with Gasteiger partial charge in [-0.2, -0.15) is 0 Å². The predicted molar refractivity (Wildman–Crippen MR) is 69.7 cm³/mol. The maximum absolute atomic E-state index is 13.2. The summed E-state index contributed by atoms with van der Waals surface area (Å²) >= 11 is 0. The van der Waals surface area contributed by atoms with E-state index in [1.165, 1.54) is 12.1 Å². The fourth-order valence-corrected chi connectivity index (χ4v) is 2.55. The Labute approximate surface area is 111 Å². The first-order valence-electron chi connectivity index (χ1n) is 6.36. The molecule has 1 fully saturated rings. The number of hydrogen-bond acceptors (Lipinski definition) is 3. The van der Waals surface area contributed by atoms with E-state index in [9.17, 15) is 14.3 Å². The summed E-state index contributed by atoms with van der Waals surface area (Å²) in [5, 5.41) is 12.5. The van der Waals surface area contributed by atoms with Crippen LogP contribution in [0.5, 0.6) is 0 Å². The first-order valence-corrected chi connectivity index (χ1v) is 6.36. The van der Waals surface area contributed by atoms with E-state index in [4.69, 9.17) is 4.74 Å². The van der Waals surface area contributed by atoms with Gasteiger partial charge in [0.15, 0.2) is 0 Å². The minimum Gasteiger partial charge on any atom is -0.480 e. The molecule has 2 rings (SSSR count). The second-order valence-electron chi connectivity index (χ2n) is 4.96. The molecule has 0 atom stereocenters. The number of anilines is 1. The summed E-state index contributed by atoms with van der Waals surface area (Å²) in [6.07, 6.45) is 2.42. The van der Waals surface area contributed by atoms with Crippen molar-refractivity contribution in [3.63, 3.8) is 0 Å². The molecule has 0 spiro atoms. The molecule has 0 radical (unpaired) electrons. The number of carboxylic acids is 1. The highest BCUT2D eigenvalue weighted by Gasteiger charge is 2.42. The van der Waals surface area contributed by atoms with E-state index in [-0.39, 0.29) is 11.9 Å². The number of carbonyl (C=O) groups is 1.